The highest BCUT2D eigenvalue weighted by Crippen LogP contribution is 2.42. The number of anilines is 1. The molecule has 2 aromatic rings. The molecule has 43 heavy (non-hydrogen) atoms. The van der Waals surface area contributed by atoms with Crippen LogP contribution in [0.5, 0.6) is 5.75 Å². The van der Waals surface area contributed by atoms with Crippen molar-refractivity contribution in [2.24, 2.45) is 23.5 Å². The highest BCUT2D eigenvalue weighted by molar-refractivity contribution is 6.03. The summed E-state index contributed by atoms with van der Waals surface area (Å²) < 4.78 is 0. The molecule has 0 bridgehead atoms. The van der Waals surface area contributed by atoms with Crippen LogP contribution in [0.1, 0.15) is 76.4 Å². The summed E-state index contributed by atoms with van der Waals surface area (Å²) in [5, 5.41) is 30.8. The van der Waals surface area contributed by atoms with Crippen molar-refractivity contribution in [1.82, 2.24) is 0 Å². The van der Waals surface area contributed by atoms with Crippen molar-refractivity contribution in [3.63, 3.8) is 0 Å². The fourth-order valence-corrected chi connectivity index (χ4v) is 6.08. The number of Topliss-reactive ketones (excluding diaryl/α,β-unsaturated/α-hetero) is 4. The number of aliphatic hydroxyl groups is 2. The van der Waals surface area contributed by atoms with Crippen molar-refractivity contribution in [1.29, 1.82) is 0 Å². The summed E-state index contributed by atoms with van der Waals surface area (Å²) in [5.41, 5.74) is 8.72. The number of aliphatic hydroxyl groups excluding tert-OH is 2. The predicted octanol–water partition coefficient (Wildman–Crippen LogP) is 2.59. The van der Waals surface area contributed by atoms with Crippen molar-refractivity contribution in [3.8, 4) is 5.75 Å². The highest BCUT2D eigenvalue weighted by atomic mass is 16.3. The number of amides is 1. The largest absolute Gasteiger partial charge is 0.507 e. The molecule has 2 aromatic carbocycles. The molecule has 3 unspecified atom stereocenters. The van der Waals surface area contributed by atoms with Crippen molar-refractivity contribution in [2.45, 2.75) is 58.3 Å². The average molecular weight is 595 g/mol. The smallest absolute Gasteiger partial charge is 0.224 e. The van der Waals surface area contributed by atoms with Gasteiger partial charge in [0.05, 0.1) is 18.6 Å². The third-order valence-corrected chi connectivity index (χ3v) is 8.29. The number of phenols is 1. The summed E-state index contributed by atoms with van der Waals surface area (Å²) in [4.78, 5) is 63.5. The molecular formula is C33H42N2O8. The van der Waals surface area contributed by atoms with Gasteiger partial charge in [-0.2, -0.15) is 0 Å². The second-order valence-corrected chi connectivity index (χ2v) is 11.7. The minimum Gasteiger partial charge on any atom is -0.507 e. The molecule has 0 radical (unpaired) electrons. The Kier molecular flexibility index (Phi) is 11.7. The van der Waals surface area contributed by atoms with E-state index in [1.807, 2.05) is 19.0 Å². The molecule has 1 amide bonds. The van der Waals surface area contributed by atoms with E-state index in [1.165, 1.54) is 6.92 Å². The number of aryl methyl sites for hydroxylation is 1. The lowest BCUT2D eigenvalue weighted by molar-refractivity contribution is -0.131. The summed E-state index contributed by atoms with van der Waals surface area (Å²) in [6.07, 6.45) is 1.21. The lowest BCUT2D eigenvalue weighted by Gasteiger charge is -2.33. The van der Waals surface area contributed by atoms with Gasteiger partial charge in [-0.1, -0.05) is 24.3 Å². The number of hydrogen-bond acceptors (Lipinski definition) is 9. The minimum atomic E-state index is -0.884. The number of fused-ring (bicyclic) bond motifs is 1. The standard InChI is InChI=1S/C33H42N2O8/c1-19(38)22-6-4-20(5-7-22)13-25(39)9-8-24-16-28(35(2)3)26-14-21(15-30(41)32(26)33(24)43)12-23(10-11-36)27(18-37)29(40)17-31(34)42/h4-7,16,21,23,27,36-37,43H,8-15,17-18H2,1-3H3,(H2,34,42). The van der Waals surface area contributed by atoms with Gasteiger partial charge in [-0.15, -0.1) is 0 Å². The van der Waals surface area contributed by atoms with E-state index in [2.05, 4.69) is 0 Å². The molecule has 232 valence electrons. The molecule has 5 N–H and O–H groups in total. The van der Waals surface area contributed by atoms with Crippen LogP contribution >= 0.6 is 0 Å². The molecule has 3 rings (SSSR count). The Labute approximate surface area is 251 Å². The number of phenolic OH excluding ortho intramolecular Hbond substituents is 1. The lowest BCUT2D eigenvalue weighted by atomic mass is 9.73. The van der Waals surface area contributed by atoms with Crippen molar-refractivity contribution in [3.05, 3.63) is 58.1 Å². The maximum absolute atomic E-state index is 13.5. The summed E-state index contributed by atoms with van der Waals surface area (Å²) in [7, 11) is 3.67. The van der Waals surface area contributed by atoms with Crippen molar-refractivity contribution in [2.75, 3.05) is 32.2 Å². The van der Waals surface area contributed by atoms with E-state index in [0.29, 0.717) is 29.5 Å². The van der Waals surface area contributed by atoms with Gasteiger partial charge in [0.1, 0.15) is 17.3 Å². The lowest BCUT2D eigenvalue weighted by Crippen LogP contribution is -2.34. The summed E-state index contributed by atoms with van der Waals surface area (Å²) in [6, 6.07) is 8.70. The number of aromatic hydroxyl groups is 1. The third kappa shape index (κ3) is 8.58. The molecule has 0 fully saturated rings. The summed E-state index contributed by atoms with van der Waals surface area (Å²) >= 11 is 0. The molecule has 0 saturated heterocycles. The first-order valence-corrected chi connectivity index (χ1v) is 14.6. The zero-order chi connectivity index (χ0) is 31.8. The number of carbonyl (C=O) groups is 5. The Morgan fingerprint density at radius 2 is 1.74 bits per heavy atom. The van der Waals surface area contributed by atoms with E-state index in [4.69, 9.17) is 5.73 Å². The van der Waals surface area contributed by atoms with E-state index in [1.54, 1.807) is 30.3 Å². The Bertz CT molecular complexity index is 1370. The zero-order valence-corrected chi connectivity index (χ0v) is 25.1. The zero-order valence-electron chi connectivity index (χ0n) is 25.1. The van der Waals surface area contributed by atoms with E-state index in [9.17, 15) is 39.3 Å². The minimum absolute atomic E-state index is 0.0373. The molecule has 3 atom stereocenters. The van der Waals surface area contributed by atoms with Gasteiger partial charge in [0, 0.05) is 57.1 Å². The topological polar surface area (TPSA) is 175 Å². The average Bonchev–Trinajstić information content (AvgIpc) is 2.92. The molecular weight excluding hydrogens is 552 g/mol. The Balaban J connectivity index is 1.80. The fourth-order valence-electron chi connectivity index (χ4n) is 6.08. The van der Waals surface area contributed by atoms with Crippen molar-refractivity contribution >= 4 is 34.7 Å². The Morgan fingerprint density at radius 3 is 2.30 bits per heavy atom. The van der Waals surface area contributed by atoms with Crippen LogP contribution in [0.2, 0.25) is 0 Å². The second-order valence-electron chi connectivity index (χ2n) is 11.7. The van der Waals surface area contributed by atoms with Gasteiger partial charge in [-0.3, -0.25) is 24.0 Å². The SMILES string of the molecule is CC(=O)c1ccc(CC(=O)CCc2cc(N(C)C)c3c(c2O)C(=O)CC(CC(CCO)C(CO)C(=O)CC(N)=O)C3)cc1. The third-order valence-electron chi connectivity index (χ3n) is 8.29. The summed E-state index contributed by atoms with van der Waals surface area (Å²) in [5.74, 6) is -3.30. The van der Waals surface area contributed by atoms with Gasteiger partial charge < -0.3 is 26.0 Å². The fraction of sp³-hybridized carbons (Fsp3) is 0.485. The van der Waals surface area contributed by atoms with Crippen LogP contribution in [0.3, 0.4) is 0 Å². The number of benzene rings is 2. The van der Waals surface area contributed by atoms with Gasteiger partial charge >= 0.3 is 0 Å². The van der Waals surface area contributed by atoms with Crippen LogP contribution in [0.15, 0.2) is 30.3 Å². The van der Waals surface area contributed by atoms with E-state index in [-0.39, 0.29) is 73.3 Å². The molecule has 1 aliphatic rings. The number of nitrogens with zero attached hydrogens (tertiary/aromatic N) is 1. The molecule has 0 aliphatic heterocycles. The normalized spacial score (nSPS) is 15.8. The molecule has 0 aromatic heterocycles. The molecule has 0 heterocycles. The Hall–Kier alpha value is -3.89. The maximum atomic E-state index is 13.5. The van der Waals surface area contributed by atoms with Crippen LogP contribution in [-0.2, 0) is 33.6 Å². The van der Waals surface area contributed by atoms with E-state index >= 15 is 0 Å². The first-order valence-electron chi connectivity index (χ1n) is 14.6. The number of ketones is 4. The van der Waals surface area contributed by atoms with Crippen LogP contribution in [0, 0.1) is 17.8 Å². The quantitative estimate of drug-likeness (QED) is 0.168. The molecule has 1 aliphatic carbocycles. The maximum Gasteiger partial charge on any atom is 0.224 e. The van der Waals surface area contributed by atoms with E-state index in [0.717, 1.165) is 11.3 Å². The van der Waals surface area contributed by atoms with E-state index < -0.39 is 36.6 Å². The van der Waals surface area contributed by atoms with Gasteiger partial charge in [0.25, 0.3) is 0 Å². The monoisotopic (exact) mass is 594 g/mol. The highest BCUT2D eigenvalue weighted by Gasteiger charge is 2.36. The number of hydrogen-bond donors (Lipinski definition) is 4. The Morgan fingerprint density at radius 1 is 1.07 bits per heavy atom. The number of rotatable bonds is 16. The van der Waals surface area contributed by atoms with Gasteiger partial charge in [-0.25, -0.2) is 0 Å². The van der Waals surface area contributed by atoms with Crippen LogP contribution in [0.4, 0.5) is 5.69 Å². The second kappa shape index (κ2) is 15.0. The van der Waals surface area contributed by atoms with Crippen LogP contribution in [0.25, 0.3) is 0 Å². The van der Waals surface area contributed by atoms with Gasteiger partial charge in [0.15, 0.2) is 11.6 Å². The first kappa shape index (κ1) is 33.6. The molecule has 10 heteroatoms. The first-order chi connectivity index (χ1) is 20.4. The number of nitrogens with two attached hydrogens (primary N) is 1. The van der Waals surface area contributed by atoms with Gasteiger partial charge in [-0.05, 0) is 67.2 Å². The summed E-state index contributed by atoms with van der Waals surface area (Å²) in [6.45, 7) is 0.761. The number of primary amides is 1. The van der Waals surface area contributed by atoms with Crippen molar-refractivity contribution < 1.29 is 39.3 Å². The van der Waals surface area contributed by atoms with Gasteiger partial charge in [0.2, 0.25) is 5.91 Å². The predicted molar refractivity (Wildman–Crippen MR) is 161 cm³/mol. The van der Waals surface area contributed by atoms with Crippen LogP contribution < -0.4 is 10.6 Å². The molecule has 10 nitrogen and oxygen atoms in total. The molecule has 0 saturated carbocycles. The van der Waals surface area contributed by atoms with Crippen LogP contribution in [-0.4, -0.2) is 71.7 Å². The molecule has 0 spiro atoms. The number of carbonyl (C=O) groups excluding carboxylic acids is 5.